The zero-order chi connectivity index (χ0) is 25.2. The fraction of sp³-hybridized carbons (Fsp3) is 0.517. The summed E-state index contributed by atoms with van der Waals surface area (Å²) in [5.41, 5.74) is 3.61. The van der Waals surface area contributed by atoms with Gasteiger partial charge in [0.2, 0.25) is 0 Å². The van der Waals surface area contributed by atoms with Crippen molar-refractivity contribution in [3.05, 3.63) is 53.7 Å². The zero-order valence-corrected chi connectivity index (χ0v) is 22.0. The molecule has 1 fully saturated rings. The first kappa shape index (κ1) is 24.4. The van der Waals surface area contributed by atoms with Gasteiger partial charge in [0.15, 0.2) is 0 Å². The van der Waals surface area contributed by atoms with E-state index in [2.05, 4.69) is 76.6 Å². The van der Waals surface area contributed by atoms with Gasteiger partial charge in [-0.1, -0.05) is 36.4 Å². The van der Waals surface area contributed by atoms with Gasteiger partial charge < -0.3 is 29.5 Å². The van der Waals surface area contributed by atoms with Gasteiger partial charge in [0.05, 0.1) is 24.9 Å². The summed E-state index contributed by atoms with van der Waals surface area (Å²) in [5, 5.41) is 6.10. The molecule has 8 heteroatoms. The van der Waals surface area contributed by atoms with Gasteiger partial charge in [0.1, 0.15) is 11.9 Å². The number of hydrogen-bond donors (Lipinski definition) is 1. The maximum atomic E-state index is 6.52. The van der Waals surface area contributed by atoms with Crippen LogP contribution < -0.4 is 19.9 Å². The second-order valence-corrected chi connectivity index (χ2v) is 10.7. The third kappa shape index (κ3) is 5.23. The average Bonchev–Trinajstić information content (AvgIpc) is 2.91. The molecule has 2 unspecified atom stereocenters. The van der Waals surface area contributed by atoms with Crippen molar-refractivity contribution in [1.82, 2.24) is 20.2 Å². The van der Waals surface area contributed by atoms with Crippen LogP contribution in [-0.4, -0.2) is 87.0 Å². The van der Waals surface area contributed by atoms with Crippen molar-refractivity contribution in [1.29, 1.82) is 0 Å². The molecular weight excluding hydrogens is 464 g/mol. The van der Waals surface area contributed by atoms with E-state index < -0.39 is 0 Å². The minimum atomic E-state index is 0.0282. The summed E-state index contributed by atoms with van der Waals surface area (Å²) in [4.78, 5) is 17.2. The van der Waals surface area contributed by atoms with E-state index >= 15 is 0 Å². The fourth-order valence-electron chi connectivity index (χ4n) is 5.93. The van der Waals surface area contributed by atoms with Crippen LogP contribution in [0.3, 0.4) is 0 Å². The maximum Gasteiger partial charge on any atom is 0.318 e. The number of rotatable bonds is 3. The molecule has 1 N–H and O–H groups in total. The van der Waals surface area contributed by atoms with E-state index in [-0.39, 0.29) is 12.1 Å². The normalized spacial score (nSPS) is 22.6. The molecule has 3 aliphatic heterocycles. The standard InChI is InChI=1S/C29H38N6O2/c1-33(2)18-23-9-6-16-36-20-22-17-30-13-15-35(22)28-25-12-14-34(19-26(25)31-29(32-28)37-23)27-11-5-8-21-7-3-4-10-24(21)27/h3-5,7-8,10-11,22-23,30H,6,9,12-20H2,1-2H3. The Morgan fingerprint density at radius 2 is 1.97 bits per heavy atom. The lowest BCUT2D eigenvalue weighted by Crippen LogP contribution is -2.54. The van der Waals surface area contributed by atoms with Crippen molar-refractivity contribution in [2.24, 2.45) is 0 Å². The summed E-state index contributed by atoms with van der Waals surface area (Å²) in [6.07, 6.45) is 2.82. The second-order valence-electron chi connectivity index (χ2n) is 10.7. The largest absolute Gasteiger partial charge is 0.459 e. The zero-order valence-electron chi connectivity index (χ0n) is 22.0. The van der Waals surface area contributed by atoms with E-state index in [1.54, 1.807) is 0 Å². The molecule has 37 heavy (non-hydrogen) atoms. The number of anilines is 2. The molecule has 0 amide bonds. The molecule has 8 nitrogen and oxygen atoms in total. The van der Waals surface area contributed by atoms with Crippen LogP contribution in [0.15, 0.2) is 42.5 Å². The smallest absolute Gasteiger partial charge is 0.318 e. The summed E-state index contributed by atoms with van der Waals surface area (Å²) >= 11 is 0. The highest BCUT2D eigenvalue weighted by Gasteiger charge is 2.31. The first-order valence-corrected chi connectivity index (χ1v) is 13.6. The molecule has 2 aromatic carbocycles. The van der Waals surface area contributed by atoms with Gasteiger partial charge in [0, 0.05) is 56.0 Å². The van der Waals surface area contributed by atoms with E-state index in [9.17, 15) is 0 Å². The Morgan fingerprint density at radius 1 is 1.08 bits per heavy atom. The quantitative estimate of drug-likeness (QED) is 0.586. The summed E-state index contributed by atoms with van der Waals surface area (Å²) in [6.45, 7) is 6.73. The number of nitrogens with one attached hydrogen (secondary N) is 1. The van der Waals surface area contributed by atoms with E-state index in [1.807, 2.05) is 0 Å². The van der Waals surface area contributed by atoms with Crippen molar-refractivity contribution < 1.29 is 9.47 Å². The number of benzene rings is 2. The van der Waals surface area contributed by atoms with E-state index in [1.165, 1.54) is 22.0 Å². The molecule has 6 rings (SSSR count). The Balaban J connectivity index is 1.39. The predicted octanol–water partition coefficient (Wildman–Crippen LogP) is 3.09. The van der Waals surface area contributed by atoms with Gasteiger partial charge in [-0.3, -0.25) is 0 Å². The maximum absolute atomic E-state index is 6.52. The SMILES string of the molecule is CN(C)CC1CCCOCC2CNCCN2c2nc(nc3c2CCN(c2cccc4ccccc24)C3)O1. The molecule has 1 saturated heterocycles. The summed E-state index contributed by atoms with van der Waals surface area (Å²) in [6, 6.07) is 16.0. The molecule has 0 spiro atoms. The van der Waals surface area contributed by atoms with Gasteiger partial charge in [-0.05, 0) is 44.8 Å². The Morgan fingerprint density at radius 3 is 2.89 bits per heavy atom. The Labute approximate surface area is 219 Å². The lowest BCUT2D eigenvalue weighted by Gasteiger charge is -2.40. The number of piperazine rings is 1. The summed E-state index contributed by atoms with van der Waals surface area (Å²) < 4.78 is 12.7. The Hall–Kier alpha value is -2.94. The molecule has 1 aromatic heterocycles. The predicted molar refractivity (Wildman–Crippen MR) is 148 cm³/mol. The second kappa shape index (κ2) is 10.8. The van der Waals surface area contributed by atoms with Crippen LogP contribution in [0.5, 0.6) is 6.01 Å². The van der Waals surface area contributed by atoms with Crippen LogP contribution >= 0.6 is 0 Å². The van der Waals surface area contributed by atoms with Crippen molar-refractivity contribution >= 4 is 22.3 Å². The molecule has 2 bridgehead atoms. The summed E-state index contributed by atoms with van der Waals surface area (Å²) in [7, 11) is 4.17. The van der Waals surface area contributed by atoms with Crippen LogP contribution in [0.4, 0.5) is 11.5 Å². The molecule has 0 saturated carbocycles. The number of ether oxygens (including phenoxy) is 2. The van der Waals surface area contributed by atoms with Gasteiger partial charge >= 0.3 is 6.01 Å². The Bertz CT molecular complexity index is 1230. The van der Waals surface area contributed by atoms with Crippen LogP contribution in [0.25, 0.3) is 10.8 Å². The van der Waals surface area contributed by atoms with Crippen molar-refractivity contribution in [3.63, 3.8) is 0 Å². The van der Waals surface area contributed by atoms with Crippen molar-refractivity contribution in [2.75, 3.05) is 69.8 Å². The van der Waals surface area contributed by atoms with Crippen molar-refractivity contribution in [2.45, 2.75) is 38.0 Å². The number of likely N-dealkylation sites (N-methyl/N-ethyl adjacent to an activating group) is 1. The van der Waals surface area contributed by atoms with Gasteiger partial charge in [-0.2, -0.15) is 9.97 Å². The number of nitrogens with zero attached hydrogens (tertiary/aromatic N) is 5. The fourth-order valence-corrected chi connectivity index (χ4v) is 5.93. The van der Waals surface area contributed by atoms with E-state index in [4.69, 9.17) is 19.4 Å². The highest BCUT2D eigenvalue weighted by atomic mass is 16.5. The number of aromatic nitrogens is 2. The van der Waals surface area contributed by atoms with Gasteiger partial charge in [-0.15, -0.1) is 0 Å². The number of hydrogen-bond acceptors (Lipinski definition) is 8. The molecule has 3 aliphatic rings. The molecular formula is C29H38N6O2. The van der Waals surface area contributed by atoms with Crippen LogP contribution in [0.1, 0.15) is 24.1 Å². The highest BCUT2D eigenvalue weighted by molar-refractivity contribution is 5.94. The molecule has 196 valence electrons. The monoisotopic (exact) mass is 502 g/mol. The lowest BCUT2D eigenvalue weighted by molar-refractivity contribution is 0.0876. The minimum absolute atomic E-state index is 0.0282. The molecule has 4 heterocycles. The topological polar surface area (TPSA) is 66.0 Å². The molecule has 2 atom stereocenters. The van der Waals surface area contributed by atoms with Crippen LogP contribution in [0, 0.1) is 0 Å². The Kier molecular flexibility index (Phi) is 7.13. The van der Waals surface area contributed by atoms with Crippen molar-refractivity contribution in [3.8, 4) is 6.01 Å². The lowest BCUT2D eigenvalue weighted by atomic mass is 10.0. The number of fused-ring (bicyclic) bond motifs is 7. The van der Waals surface area contributed by atoms with Gasteiger partial charge in [0.25, 0.3) is 0 Å². The first-order chi connectivity index (χ1) is 18.2. The van der Waals surface area contributed by atoms with E-state index in [0.29, 0.717) is 12.6 Å². The van der Waals surface area contributed by atoms with Gasteiger partial charge in [-0.25, -0.2) is 0 Å². The minimum Gasteiger partial charge on any atom is -0.459 e. The third-order valence-corrected chi connectivity index (χ3v) is 7.72. The van der Waals surface area contributed by atoms with E-state index in [0.717, 1.165) is 76.6 Å². The third-order valence-electron chi connectivity index (χ3n) is 7.72. The molecule has 0 aliphatic carbocycles. The highest BCUT2D eigenvalue weighted by Crippen LogP contribution is 2.35. The summed E-state index contributed by atoms with van der Waals surface area (Å²) in [5.74, 6) is 1.04. The molecule has 3 aromatic rings. The molecule has 0 radical (unpaired) electrons. The van der Waals surface area contributed by atoms with Crippen LogP contribution in [0.2, 0.25) is 0 Å². The average molecular weight is 503 g/mol. The van der Waals surface area contributed by atoms with Crippen LogP contribution in [-0.2, 0) is 17.7 Å². The first-order valence-electron chi connectivity index (χ1n) is 13.6.